The summed E-state index contributed by atoms with van der Waals surface area (Å²) in [6, 6.07) is 3.08. The second-order valence-corrected chi connectivity index (χ2v) is 5.09. The van der Waals surface area contributed by atoms with Crippen LogP contribution in [0.1, 0.15) is 24.8 Å². The number of nitrogens with zero attached hydrogens (tertiary/aromatic N) is 2. The van der Waals surface area contributed by atoms with Crippen LogP contribution in [-0.2, 0) is 0 Å². The first kappa shape index (κ1) is 11.0. The van der Waals surface area contributed by atoms with Crippen molar-refractivity contribution in [1.29, 1.82) is 0 Å². The third-order valence-corrected chi connectivity index (χ3v) is 3.95. The number of pyridine rings is 1. The van der Waals surface area contributed by atoms with E-state index in [0.717, 1.165) is 18.8 Å². The Bertz CT molecular complexity index is 407. The molecule has 0 aromatic carbocycles. The van der Waals surface area contributed by atoms with Crippen LogP contribution in [0.2, 0.25) is 0 Å². The summed E-state index contributed by atoms with van der Waals surface area (Å²) >= 11 is 0. The van der Waals surface area contributed by atoms with E-state index in [9.17, 15) is 4.39 Å². The molecule has 3 nitrogen and oxygen atoms in total. The normalized spacial score (nSPS) is 28.2. The number of hydrogen-bond donors (Lipinski definition) is 1. The molecule has 2 saturated heterocycles. The van der Waals surface area contributed by atoms with Crippen LogP contribution in [0.4, 0.5) is 10.1 Å². The van der Waals surface area contributed by atoms with E-state index in [4.69, 9.17) is 0 Å². The Labute approximate surface area is 101 Å². The molecule has 2 bridgehead atoms. The standard InChI is InChI=1S/C13H18FN3/c1-9-6-12(8-16-13(9)14)17-10-2-3-11(17)7-15-5-4-10/h6,8,10-11,15H,2-5,7H2,1H3/t10-,11+/m0/s1. The van der Waals surface area contributed by atoms with Crippen molar-refractivity contribution in [2.24, 2.45) is 0 Å². The molecule has 3 rings (SSSR count). The number of aromatic nitrogens is 1. The molecule has 17 heavy (non-hydrogen) atoms. The minimum atomic E-state index is -0.353. The van der Waals surface area contributed by atoms with Crippen LogP contribution in [0.3, 0.4) is 0 Å². The van der Waals surface area contributed by atoms with Crippen molar-refractivity contribution in [3.05, 3.63) is 23.8 Å². The smallest absolute Gasteiger partial charge is 0.215 e. The zero-order valence-electron chi connectivity index (χ0n) is 10.1. The summed E-state index contributed by atoms with van der Waals surface area (Å²) < 4.78 is 13.2. The molecule has 2 aliphatic rings. The lowest BCUT2D eigenvalue weighted by atomic mass is 10.1. The molecule has 0 radical (unpaired) electrons. The Morgan fingerprint density at radius 2 is 2.18 bits per heavy atom. The molecular weight excluding hydrogens is 217 g/mol. The van der Waals surface area contributed by atoms with E-state index < -0.39 is 0 Å². The van der Waals surface area contributed by atoms with Crippen LogP contribution in [0.25, 0.3) is 0 Å². The molecule has 1 aromatic rings. The second-order valence-electron chi connectivity index (χ2n) is 5.09. The SMILES string of the molecule is Cc1cc(N2[C@@H]3CCNC[C@H]2CC3)cnc1F. The molecule has 92 valence electrons. The van der Waals surface area contributed by atoms with E-state index in [1.807, 2.05) is 6.07 Å². The summed E-state index contributed by atoms with van der Waals surface area (Å²) in [5.74, 6) is -0.353. The number of rotatable bonds is 1. The molecule has 4 heteroatoms. The van der Waals surface area contributed by atoms with Crippen molar-refractivity contribution in [1.82, 2.24) is 10.3 Å². The van der Waals surface area contributed by atoms with Gasteiger partial charge in [-0.15, -0.1) is 0 Å². The summed E-state index contributed by atoms with van der Waals surface area (Å²) in [6.45, 7) is 3.90. The maximum absolute atomic E-state index is 13.2. The van der Waals surface area contributed by atoms with Gasteiger partial charge >= 0.3 is 0 Å². The summed E-state index contributed by atoms with van der Waals surface area (Å²) in [5.41, 5.74) is 1.72. The first-order valence-electron chi connectivity index (χ1n) is 6.37. The summed E-state index contributed by atoms with van der Waals surface area (Å²) in [5, 5.41) is 3.47. The average Bonchev–Trinajstić information content (AvgIpc) is 2.56. The third kappa shape index (κ3) is 1.90. The Morgan fingerprint density at radius 1 is 1.35 bits per heavy atom. The fourth-order valence-electron chi connectivity index (χ4n) is 3.09. The lowest BCUT2D eigenvalue weighted by Crippen LogP contribution is -2.38. The number of hydrogen-bond acceptors (Lipinski definition) is 3. The largest absolute Gasteiger partial charge is 0.363 e. The molecule has 2 aliphatic heterocycles. The van der Waals surface area contributed by atoms with E-state index >= 15 is 0 Å². The molecule has 2 fully saturated rings. The van der Waals surface area contributed by atoms with Gasteiger partial charge in [0.15, 0.2) is 0 Å². The highest BCUT2D eigenvalue weighted by Crippen LogP contribution is 2.33. The van der Waals surface area contributed by atoms with Gasteiger partial charge in [0.05, 0.1) is 11.9 Å². The number of halogens is 1. The predicted molar refractivity (Wildman–Crippen MR) is 65.7 cm³/mol. The van der Waals surface area contributed by atoms with Crippen LogP contribution in [-0.4, -0.2) is 30.2 Å². The predicted octanol–water partition coefficient (Wildman–Crippen LogP) is 1.86. The van der Waals surface area contributed by atoms with Crippen molar-refractivity contribution >= 4 is 5.69 Å². The molecule has 1 N–H and O–H groups in total. The lowest BCUT2D eigenvalue weighted by Gasteiger charge is -2.30. The molecule has 1 aromatic heterocycles. The Morgan fingerprint density at radius 3 is 3.00 bits per heavy atom. The van der Waals surface area contributed by atoms with Crippen molar-refractivity contribution in [3.63, 3.8) is 0 Å². The van der Waals surface area contributed by atoms with Crippen LogP contribution >= 0.6 is 0 Å². The minimum Gasteiger partial charge on any atom is -0.363 e. The van der Waals surface area contributed by atoms with Crippen molar-refractivity contribution in [2.75, 3.05) is 18.0 Å². The molecule has 0 unspecified atom stereocenters. The van der Waals surface area contributed by atoms with Crippen molar-refractivity contribution in [2.45, 2.75) is 38.3 Å². The highest BCUT2D eigenvalue weighted by Gasteiger charge is 2.35. The highest BCUT2D eigenvalue weighted by atomic mass is 19.1. The fraction of sp³-hybridized carbons (Fsp3) is 0.615. The van der Waals surface area contributed by atoms with Gasteiger partial charge in [-0.1, -0.05) is 0 Å². The number of anilines is 1. The third-order valence-electron chi connectivity index (χ3n) is 3.95. The Balaban J connectivity index is 1.94. The van der Waals surface area contributed by atoms with Crippen LogP contribution in [0.5, 0.6) is 0 Å². The van der Waals surface area contributed by atoms with Gasteiger partial charge in [-0.25, -0.2) is 4.98 Å². The van der Waals surface area contributed by atoms with Crippen LogP contribution in [0.15, 0.2) is 12.3 Å². The van der Waals surface area contributed by atoms with Crippen LogP contribution in [0, 0.1) is 12.9 Å². The Kier molecular flexibility index (Phi) is 2.74. The van der Waals surface area contributed by atoms with Crippen LogP contribution < -0.4 is 10.2 Å². The van der Waals surface area contributed by atoms with Gasteiger partial charge in [-0.05, 0) is 38.8 Å². The highest BCUT2D eigenvalue weighted by molar-refractivity contribution is 5.50. The number of nitrogens with one attached hydrogen (secondary N) is 1. The summed E-state index contributed by atoms with van der Waals surface area (Å²) in [7, 11) is 0. The maximum atomic E-state index is 13.2. The fourth-order valence-corrected chi connectivity index (χ4v) is 3.09. The molecular formula is C13H18FN3. The molecule has 0 aliphatic carbocycles. The van der Waals surface area contributed by atoms with Crippen molar-refractivity contribution < 1.29 is 4.39 Å². The van der Waals surface area contributed by atoms with E-state index in [2.05, 4.69) is 15.2 Å². The maximum Gasteiger partial charge on any atom is 0.215 e. The van der Waals surface area contributed by atoms with Gasteiger partial charge in [0.1, 0.15) is 0 Å². The number of aryl methyl sites for hydroxylation is 1. The summed E-state index contributed by atoms with van der Waals surface area (Å²) in [4.78, 5) is 6.30. The first-order valence-corrected chi connectivity index (χ1v) is 6.37. The van der Waals surface area contributed by atoms with E-state index in [1.54, 1.807) is 13.1 Å². The molecule has 0 spiro atoms. The zero-order chi connectivity index (χ0) is 11.8. The van der Waals surface area contributed by atoms with Gasteiger partial charge in [-0.3, -0.25) is 0 Å². The summed E-state index contributed by atoms with van der Waals surface area (Å²) in [6.07, 6.45) is 5.34. The average molecular weight is 235 g/mol. The molecule has 2 atom stereocenters. The Hall–Kier alpha value is -1.16. The van der Waals surface area contributed by atoms with E-state index in [1.165, 1.54) is 19.3 Å². The van der Waals surface area contributed by atoms with Gasteiger partial charge in [0, 0.05) is 24.2 Å². The first-order chi connectivity index (χ1) is 8.25. The molecule has 3 heterocycles. The second kappa shape index (κ2) is 4.26. The van der Waals surface area contributed by atoms with Gasteiger partial charge in [0.2, 0.25) is 5.95 Å². The lowest BCUT2D eigenvalue weighted by molar-refractivity contribution is 0.567. The quantitative estimate of drug-likeness (QED) is 0.753. The van der Waals surface area contributed by atoms with E-state index in [-0.39, 0.29) is 5.95 Å². The minimum absolute atomic E-state index is 0.353. The van der Waals surface area contributed by atoms with E-state index in [0.29, 0.717) is 17.6 Å². The monoisotopic (exact) mass is 235 g/mol. The van der Waals surface area contributed by atoms with Gasteiger partial charge in [0.25, 0.3) is 0 Å². The van der Waals surface area contributed by atoms with Gasteiger partial charge in [-0.2, -0.15) is 4.39 Å². The molecule has 0 saturated carbocycles. The van der Waals surface area contributed by atoms with Gasteiger partial charge < -0.3 is 10.2 Å². The zero-order valence-corrected chi connectivity index (χ0v) is 10.1. The molecule has 0 amide bonds. The number of fused-ring (bicyclic) bond motifs is 2. The topological polar surface area (TPSA) is 28.2 Å². The van der Waals surface area contributed by atoms with Crippen molar-refractivity contribution in [3.8, 4) is 0 Å².